The van der Waals surface area contributed by atoms with E-state index >= 15 is 0 Å². The molecule has 0 amide bonds. The summed E-state index contributed by atoms with van der Waals surface area (Å²) in [5.41, 5.74) is 2.74. The van der Waals surface area contributed by atoms with Crippen molar-refractivity contribution in [2.75, 3.05) is 36.0 Å². The van der Waals surface area contributed by atoms with E-state index in [1.165, 1.54) is 24.1 Å². The van der Waals surface area contributed by atoms with E-state index < -0.39 is 9.84 Å². The molecule has 1 aromatic rings. The largest absolute Gasteiger partial charge is 0.369 e. The van der Waals surface area contributed by atoms with E-state index in [-0.39, 0.29) is 17.0 Å². The summed E-state index contributed by atoms with van der Waals surface area (Å²) in [6.45, 7) is 9.20. The lowest BCUT2D eigenvalue weighted by molar-refractivity contribution is 0.122. The molecule has 0 spiro atoms. The maximum Gasteiger partial charge on any atom is 0.153 e. The molecule has 2 fully saturated rings. The van der Waals surface area contributed by atoms with Gasteiger partial charge >= 0.3 is 0 Å². The second-order valence-corrected chi connectivity index (χ2v) is 10.0. The zero-order valence-electron chi connectivity index (χ0n) is 14.5. The summed E-state index contributed by atoms with van der Waals surface area (Å²) < 4.78 is 23.4. The number of anilines is 1. The highest BCUT2D eigenvalue weighted by Crippen LogP contribution is 2.41. The molecule has 2 heterocycles. The lowest BCUT2D eigenvalue weighted by Crippen LogP contribution is -2.43. The van der Waals surface area contributed by atoms with Gasteiger partial charge < -0.3 is 4.90 Å². The van der Waals surface area contributed by atoms with Gasteiger partial charge in [0.25, 0.3) is 0 Å². The van der Waals surface area contributed by atoms with Crippen molar-refractivity contribution in [3.8, 4) is 0 Å². The van der Waals surface area contributed by atoms with Crippen LogP contribution in [0.25, 0.3) is 0 Å². The van der Waals surface area contributed by atoms with E-state index in [0.717, 1.165) is 6.54 Å². The van der Waals surface area contributed by atoms with Crippen molar-refractivity contribution in [3.63, 3.8) is 0 Å². The Hall–Kier alpha value is -1.07. The lowest BCUT2D eigenvalue weighted by atomic mass is 9.97. The number of para-hydroxylation sites is 1. The maximum absolute atomic E-state index is 11.7. The Labute approximate surface area is 140 Å². The predicted octanol–water partition coefficient (Wildman–Crippen LogP) is 2.86. The van der Waals surface area contributed by atoms with Gasteiger partial charge in [-0.3, -0.25) is 4.90 Å². The highest BCUT2D eigenvalue weighted by molar-refractivity contribution is 7.91. The van der Waals surface area contributed by atoms with Crippen LogP contribution in [0.3, 0.4) is 0 Å². The summed E-state index contributed by atoms with van der Waals surface area (Å²) in [5, 5.41) is 0. The molecule has 128 valence electrons. The third-order valence-electron chi connectivity index (χ3n) is 5.10. The first kappa shape index (κ1) is 16.8. The van der Waals surface area contributed by atoms with Crippen LogP contribution in [0.15, 0.2) is 24.3 Å². The molecular weight excluding hydrogens is 308 g/mol. The van der Waals surface area contributed by atoms with Crippen LogP contribution in [-0.4, -0.2) is 50.0 Å². The van der Waals surface area contributed by atoms with Crippen molar-refractivity contribution < 1.29 is 8.42 Å². The first-order valence-corrected chi connectivity index (χ1v) is 10.4. The smallest absolute Gasteiger partial charge is 0.153 e. The van der Waals surface area contributed by atoms with Crippen LogP contribution in [0.2, 0.25) is 0 Å². The number of hydrogen-bond acceptors (Lipinski definition) is 4. The van der Waals surface area contributed by atoms with Crippen molar-refractivity contribution in [1.82, 2.24) is 4.90 Å². The zero-order valence-corrected chi connectivity index (χ0v) is 15.3. The molecule has 1 atom stereocenters. The number of rotatable bonds is 2. The van der Waals surface area contributed by atoms with E-state index in [9.17, 15) is 8.42 Å². The molecular formula is C18H28N2O2S. The van der Waals surface area contributed by atoms with Crippen LogP contribution in [0.5, 0.6) is 0 Å². The number of hydrogen-bond donors (Lipinski definition) is 0. The summed E-state index contributed by atoms with van der Waals surface area (Å²) in [5.74, 6) is 0.546. The Balaban J connectivity index is 1.89. The summed E-state index contributed by atoms with van der Waals surface area (Å²) in [4.78, 5) is 4.85. The number of likely N-dealkylation sites (tertiary alicyclic amines) is 1. The minimum atomic E-state index is -2.84. The Morgan fingerprint density at radius 3 is 2.35 bits per heavy atom. The second-order valence-electron chi connectivity index (χ2n) is 7.72. The quantitative estimate of drug-likeness (QED) is 0.833. The molecule has 0 aromatic heterocycles. The van der Waals surface area contributed by atoms with Crippen LogP contribution in [0.1, 0.15) is 45.2 Å². The van der Waals surface area contributed by atoms with Crippen molar-refractivity contribution >= 4 is 15.5 Å². The van der Waals surface area contributed by atoms with Gasteiger partial charge in [0.05, 0.1) is 11.5 Å². The third kappa shape index (κ3) is 3.56. The zero-order chi connectivity index (χ0) is 16.7. The van der Waals surface area contributed by atoms with Crippen LogP contribution >= 0.6 is 0 Å². The molecule has 2 aliphatic heterocycles. The van der Waals surface area contributed by atoms with E-state index in [4.69, 9.17) is 0 Å². The summed E-state index contributed by atoms with van der Waals surface area (Å²) in [6, 6.07) is 9.00. The van der Waals surface area contributed by atoms with Crippen LogP contribution in [0, 0.1) is 0 Å². The molecule has 0 N–H and O–H groups in total. The maximum atomic E-state index is 11.7. The van der Waals surface area contributed by atoms with Crippen molar-refractivity contribution in [3.05, 3.63) is 29.8 Å². The van der Waals surface area contributed by atoms with Crippen molar-refractivity contribution in [1.29, 1.82) is 0 Å². The molecule has 3 rings (SSSR count). The first-order valence-electron chi connectivity index (χ1n) is 8.59. The third-order valence-corrected chi connectivity index (χ3v) is 6.70. The molecule has 1 unspecified atom stereocenters. The van der Waals surface area contributed by atoms with E-state index in [2.05, 4.69) is 54.8 Å². The van der Waals surface area contributed by atoms with Gasteiger partial charge in [-0.05, 0) is 51.8 Å². The van der Waals surface area contributed by atoms with Gasteiger partial charge in [0.2, 0.25) is 0 Å². The van der Waals surface area contributed by atoms with Gasteiger partial charge in [-0.15, -0.1) is 0 Å². The fourth-order valence-corrected chi connectivity index (χ4v) is 5.10. The van der Waals surface area contributed by atoms with Crippen LogP contribution in [0.4, 0.5) is 5.69 Å². The van der Waals surface area contributed by atoms with Crippen LogP contribution < -0.4 is 4.90 Å². The molecule has 2 aliphatic rings. The predicted molar refractivity (Wildman–Crippen MR) is 95.7 cm³/mol. The summed E-state index contributed by atoms with van der Waals surface area (Å²) in [6.07, 6.45) is 2.41. The molecule has 0 radical (unpaired) electrons. The summed E-state index contributed by atoms with van der Waals surface area (Å²) >= 11 is 0. The fourth-order valence-electron chi connectivity index (χ4n) is 3.90. The molecule has 2 saturated heterocycles. The Morgan fingerprint density at radius 2 is 1.70 bits per heavy atom. The van der Waals surface area contributed by atoms with E-state index in [1.54, 1.807) is 0 Å². The van der Waals surface area contributed by atoms with Gasteiger partial charge in [0.1, 0.15) is 0 Å². The minimum Gasteiger partial charge on any atom is -0.369 e. The Morgan fingerprint density at radius 1 is 1.04 bits per heavy atom. The monoisotopic (exact) mass is 336 g/mol. The molecule has 23 heavy (non-hydrogen) atoms. The van der Waals surface area contributed by atoms with Crippen LogP contribution in [-0.2, 0) is 9.84 Å². The average molecular weight is 337 g/mol. The molecule has 0 bridgehead atoms. The second kappa shape index (κ2) is 6.10. The number of sulfone groups is 1. The molecule has 0 saturated carbocycles. The van der Waals surface area contributed by atoms with Crippen molar-refractivity contribution in [2.45, 2.75) is 45.2 Å². The molecule has 5 heteroatoms. The SMILES string of the molecule is CC(C)(C)N1CCCC1c1ccccc1N1CCS(=O)(=O)CC1. The number of benzene rings is 1. The summed E-state index contributed by atoms with van der Waals surface area (Å²) in [7, 11) is -2.84. The van der Waals surface area contributed by atoms with Gasteiger partial charge in [-0.1, -0.05) is 18.2 Å². The van der Waals surface area contributed by atoms with Gasteiger partial charge in [-0.25, -0.2) is 8.42 Å². The molecule has 0 aliphatic carbocycles. The van der Waals surface area contributed by atoms with Gasteiger partial charge in [0, 0.05) is 30.4 Å². The first-order chi connectivity index (χ1) is 10.8. The van der Waals surface area contributed by atoms with E-state index in [0.29, 0.717) is 19.1 Å². The van der Waals surface area contributed by atoms with E-state index in [1.807, 2.05) is 0 Å². The normalized spacial score (nSPS) is 25.7. The minimum absolute atomic E-state index is 0.152. The molecule has 4 nitrogen and oxygen atoms in total. The van der Waals surface area contributed by atoms with Gasteiger partial charge in [0.15, 0.2) is 9.84 Å². The standard InChI is InChI=1S/C18H28N2O2S/c1-18(2,3)20-10-6-9-17(20)15-7-4-5-8-16(15)19-11-13-23(21,22)14-12-19/h4-5,7-8,17H,6,9-14H2,1-3H3. The van der Waals surface area contributed by atoms with Gasteiger partial charge in [-0.2, -0.15) is 0 Å². The Kier molecular flexibility index (Phi) is 4.45. The fraction of sp³-hybridized carbons (Fsp3) is 0.667. The lowest BCUT2D eigenvalue weighted by Gasteiger charge is -2.39. The van der Waals surface area contributed by atoms with Crippen molar-refractivity contribution in [2.24, 2.45) is 0 Å². The average Bonchev–Trinajstić information content (AvgIpc) is 2.97. The highest BCUT2D eigenvalue weighted by atomic mass is 32.2. The number of nitrogens with zero attached hydrogens (tertiary/aromatic N) is 2. The topological polar surface area (TPSA) is 40.6 Å². The molecule has 1 aromatic carbocycles. The highest BCUT2D eigenvalue weighted by Gasteiger charge is 2.35. The Bertz CT molecular complexity index is 650.